The molecule has 1 aromatic rings. The van der Waals surface area contributed by atoms with E-state index in [0.29, 0.717) is 5.02 Å². The molecule has 3 heteroatoms. The number of rotatable bonds is 4. The molecule has 2 unspecified atom stereocenters. The summed E-state index contributed by atoms with van der Waals surface area (Å²) >= 11 is 5.83. The molecule has 0 aliphatic heterocycles. The van der Waals surface area contributed by atoms with Crippen LogP contribution in [0.25, 0.3) is 0 Å². The molecule has 0 fully saturated rings. The van der Waals surface area contributed by atoms with Gasteiger partial charge in [0.1, 0.15) is 0 Å². The van der Waals surface area contributed by atoms with Crippen LogP contribution in [-0.2, 0) is 0 Å². The molecular weight excluding hydrogens is 222 g/mol. The first-order chi connectivity index (χ1) is 7.41. The van der Waals surface area contributed by atoms with Gasteiger partial charge in [-0.3, -0.25) is 0 Å². The number of hydrogen-bond acceptors (Lipinski definition) is 2. The smallest absolute Gasteiger partial charge is 0.0970 e. The first-order valence-electron chi connectivity index (χ1n) is 5.52. The Labute approximate surface area is 103 Å². The van der Waals surface area contributed by atoms with E-state index in [1.54, 1.807) is 0 Å². The Morgan fingerprint density at radius 2 is 1.81 bits per heavy atom. The van der Waals surface area contributed by atoms with Gasteiger partial charge in [-0.15, -0.1) is 0 Å². The van der Waals surface area contributed by atoms with Crippen molar-refractivity contribution in [2.75, 3.05) is 14.1 Å². The highest BCUT2D eigenvalue weighted by Crippen LogP contribution is 2.32. The van der Waals surface area contributed by atoms with Crippen molar-refractivity contribution in [3.63, 3.8) is 0 Å². The first kappa shape index (κ1) is 13.5. The summed E-state index contributed by atoms with van der Waals surface area (Å²) in [5.74, 6) is 0. The average molecular weight is 242 g/mol. The number of aliphatic hydroxyl groups excluding tert-OH is 1. The Morgan fingerprint density at radius 1 is 1.31 bits per heavy atom. The number of nitrogens with zero attached hydrogens (tertiary/aromatic N) is 1. The molecule has 0 amide bonds. The van der Waals surface area contributed by atoms with E-state index >= 15 is 0 Å². The van der Waals surface area contributed by atoms with Gasteiger partial charge in [0.2, 0.25) is 0 Å². The Kier molecular flexibility index (Phi) is 4.36. The van der Waals surface area contributed by atoms with Gasteiger partial charge in [-0.05, 0) is 45.1 Å². The van der Waals surface area contributed by atoms with Crippen molar-refractivity contribution in [2.24, 2.45) is 0 Å². The van der Waals surface area contributed by atoms with E-state index in [1.807, 2.05) is 38.4 Å². The van der Waals surface area contributed by atoms with Gasteiger partial charge in [-0.2, -0.15) is 0 Å². The van der Waals surface area contributed by atoms with Crippen molar-refractivity contribution >= 4 is 11.6 Å². The summed E-state index contributed by atoms with van der Waals surface area (Å²) in [4.78, 5) is 2.06. The van der Waals surface area contributed by atoms with Crippen LogP contribution in [0.15, 0.2) is 24.3 Å². The zero-order valence-corrected chi connectivity index (χ0v) is 11.1. The van der Waals surface area contributed by atoms with Gasteiger partial charge in [0.15, 0.2) is 0 Å². The van der Waals surface area contributed by atoms with Crippen molar-refractivity contribution in [3.8, 4) is 0 Å². The van der Waals surface area contributed by atoms with E-state index in [9.17, 15) is 5.11 Å². The fourth-order valence-electron chi connectivity index (χ4n) is 1.76. The molecule has 0 aliphatic rings. The second kappa shape index (κ2) is 5.17. The van der Waals surface area contributed by atoms with Crippen molar-refractivity contribution < 1.29 is 5.11 Å². The molecule has 0 saturated carbocycles. The second-order valence-electron chi connectivity index (χ2n) is 4.56. The summed E-state index contributed by atoms with van der Waals surface area (Å²) in [5.41, 5.74) is 0.649. The van der Waals surface area contributed by atoms with E-state index in [-0.39, 0.29) is 5.54 Å². The van der Waals surface area contributed by atoms with Gasteiger partial charge in [0.05, 0.1) is 6.10 Å². The van der Waals surface area contributed by atoms with Gasteiger partial charge in [0, 0.05) is 10.6 Å². The fraction of sp³-hybridized carbons (Fsp3) is 0.538. The van der Waals surface area contributed by atoms with Crippen molar-refractivity contribution in [1.82, 2.24) is 4.90 Å². The van der Waals surface area contributed by atoms with E-state index in [0.717, 1.165) is 12.0 Å². The van der Waals surface area contributed by atoms with E-state index in [1.165, 1.54) is 0 Å². The highest BCUT2D eigenvalue weighted by Gasteiger charge is 2.34. The maximum Gasteiger partial charge on any atom is 0.0970 e. The number of hydrogen-bond donors (Lipinski definition) is 1. The SMILES string of the molecule is CCC(C)(C(O)c1ccc(Cl)cc1)N(C)C. The van der Waals surface area contributed by atoms with Gasteiger partial charge in [-0.1, -0.05) is 30.7 Å². The van der Waals surface area contributed by atoms with E-state index < -0.39 is 6.10 Å². The fourth-order valence-corrected chi connectivity index (χ4v) is 1.88. The largest absolute Gasteiger partial charge is 0.386 e. The molecule has 1 N–H and O–H groups in total. The zero-order valence-electron chi connectivity index (χ0n) is 10.4. The molecule has 1 rings (SSSR count). The lowest BCUT2D eigenvalue weighted by molar-refractivity contribution is 0.000871. The highest BCUT2D eigenvalue weighted by atomic mass is 35.5. The van der Waals surface area contributed by atoms with Crippen LogP contribution < -0.4 is 0 Å². The summed E-state index contributed by atoms with van der Waals surface area (Å²) in [6, 6.07) is 7.38. The lowest BCUT2D eigenvalue weighted by Gasteiger charge is -2.40. The molecule has 1 aromatic carbocycles. The topological polar surface area (TPSA) is 23.5 Å². The lowest BCUT2D eigenvalue weighted by Crippen LogP contribution is -2.46. The zero-order chi connectivity index (χ0) is 12.3. The summed E-state index contributed by atoms with van der Waals surface area (Å²) in [7, 11) is 3.98. The summed E-state index contributed by atoms with van der Waals surface area (Å²) < 4.78 is 0. The van der Waals surface area contributed by atoms with Gasteiger partial charge >= 0.3 is 0 Å². The van der Waals surface area contributed by atoms with Crippen LogP contribution >= 0.6 is 11.6 Å². The third kappa shape index (κ3) is 2.57. The molecule has 0 radical (unpaired) electrons. The van der Waals surface area contributed by atoms with Crippen LogP contribution in [0, 0.1) is 0 Å². The van der Waals surface area contributed by atoms with Crippen molar-refractivity contribution in [1.29, 1.82) is 0 Å². The minimum atomic E-state index is -0.509. The predicted octanol–water partition coefficient (Wildman–Crippen LogP) is 3.10. The Hall–Kier alpha value is -0.570. The molecule has 16 heavy (non-hydrogen) atoms. The maximum atomic E-state index is 10.4. The molecule has 0 aliphatic carbocycles. The van der Waals surface area contributed by atoms with Gasteiger partial charge in [0.25, 0.3) is 0 Å². The standard InChI is InChI=1S/C13H20ClNO/c1-5-13(2,15(3)4)12(16)10-6-8-11(14)9-7-10/h6-9,12,16H,5H2,1-4H3. The van der Waals surface area contributed by atoms with Gasteiger partial charge in [-0.25, -0.2) is 0 Å². The molecule has 0 heterocycles. The lowest BCUT2D eigenvalue weighted by atomic mass is 9.86. The Morgan fingerprint density at radius 3 is 2.19 bits per heavy atom. The van der Waals surface area contributed by atoms with E-state index in [4.69, 9.17) is 11.6 Å². The maximum absolute atomic E-state index is 10.4. The normalized spacial score (nSPS) is 17.2. The van der Waals surface area contributed by atoms with Crippen LogP contribution in [0.1, 0.15) is 31.9 Å². The first-order valence-corrected chi connectivity index (χ1v) is 5.90. The third-order valence-electron chi connectivity index (χ3n) is 3.51. The Bertz CT molecular complexity index is 336. The summed E-state index contributed by atoms with van der Waals surface area (Å²) in [6.45, 7) is 4.14. The van der Waals surface area contributed by atoms with Crippen LogP contribution in [0.2, 0.25) is 5.02 Å². The molecule has 0 aromatic heterocycles. The molecule has 0 spiro atoms. The number of aliphatic hydroxyl groups is 1. The quantitative estimate of drug-likeness (QED) is 0.876. The number of likely N-dealkylation sites (N-methyl/N-ethyl adjacent to an activating group) is 1. The molecule has 2 atom stereocenters. The summed E-state index contributed by atoms with van der Waals surface area (Å²) in [5, 5.41) is 11.1. The predicted molar refractivity (Wildman–Crippen MR) is 68.8 cm³/mol. The van der Waals surface area contributed by atoms with Crippen molar-refractivity contribution in [3.05, 3.63) is 34.9 Å². The average Bonchev–Trinajstić information content (AvgIpc) is 2.27. The van der Waals surface area contributed by atoms with Crippen LogP contribution in [0.5, 0.6) is 0 Å². The molecular formula is C13H20ClNO. The second-order valence-corrected chi connectivity index (χ2v) is 5.00. The highest BCUT2D eigenvalue weighted by molar-refractivity contribution is 6.30. The van der Waals surface area contributed by atoms with Crippen molar-refractivity contribution in [2.45, 2.75) is 31.9 Å². The van der Waals surface area contributed by atoms with Crippen LogP contribution in [-0.4, -0.2) is 29.6 Å². The Balaban J connectivity index is 3.00. The van der Waals surface area contributed by atoms with Gasteiger partial charge < -0.3 is 10.0 Å². The van der Waals surface area contributed by atoms with Crippen LogP contribution in [0.3, 0.4) is 0 Å². The number of benzene rings is 1. The molecule has 90 valence electrons. The molecule has 0 bridgehead atoms. The van der Waals surface area contributed by atoms with E-state index in [2.05, 4.69) is 18.7 Å². The summed E-state index contributed by atoms with van der Waals surface area (Å²) in [6.07, 6.45) is 0.369. The van der Waals surface area contributed by atoms with Crippen LogP contribution in [0.4, 0.5) is 0 Å². The monoisotopic (exact) mass is 241 g/mol. The third-order valence-corrected chi connectivity index (χ3v) is 3.76. The molecule has 2 nitrogen and oxygen atoms in total. The minimum absolute atomic E-state index is 0.256. The minimum Gasteiger partial charge on any atom is -0.386 e. The number of halogens is 1. The molecule has 0 saturated heterocycles.